The standard InChI is InChI=1S/C90H128FN19O20/c1-7-9-23-71(105(5)90(130)74(24-10-8-2)106(6)86(126)67(45-56-49-108(51-78(117)118)70-25-14-12-21-60(56)70)102-80(120)62(35-37-92)99-81(121)64(97-52-111)44-55-48-96-61-22-13-11-20-59(55)61)83(123)101-65(42-53(3)4)79(119)95-38-17-15-28-76(114)98-66(43-54-29-31-57(91)32-30-54)88(128)109-39-18-16-26-72(109)84(124)103-68(46-75(94)113)89(129)110-40-19-27-73(110)85(125)104-69(47-93)82(122)100-63(33-34-77(115)116)87(127)107-41-36-58(112)50-107/h11-14,20-22,25,29-32,48-49,52-53,58,62-69,71-74,96,112H,7-10,15-19,23-24,26-28,33-47,50-51,92-93H2,1-6H3,(H2,94,113)(H,95,119)(H,97,111)(H,98,114)(H,99,121)(H,100,122)(H,101,123)(H,102,120)(H,103,124)(H,104,125)(H,115,116)(H,117,118)/t58-,62+,63+,64+,65+,66+,67+,68+,69+,71+,72+,73+,74+/m1/s1. The fourth-order valence-electron chi connectivity index (χ4n) is 16.9. The van der Waals surface area contributed by atoms with Crippen molar-refractivity contribution in [3.8, 4) is 0 Å². The summed E-state index contributed by atoms with van der Waals surface area (Å²) in [4.78, 5) is 246. The van der Waals surface area contributed by atoms with Crippen molar-refractivity contribution in [1.82, 2.24) is 81.9 Å². The lowest BCUT2D eigenvalue weighted by Crippen LogP contribution is -2.61. The molecule has 5 aromatic rings. The molecule has 15 amide bonds. The Morgan fingerprint density at radius 1 is 0.562 bits per heavy atom. The molecule has 130 heavy (non-hydrogen) atoms. The molecule has 2 aromatic heterocycles. The van der Waals surface area contributed by atoms with Crippen LogP contribution >= 0.6 is 0 Å². The number of nitrogens with zero attached hydrogens (tertiary/aromatic N) is 6. The first-order valence-corrected chi connectivity index (χ1v) is 44.8. The number of halogens is 1. The number of aromatic nitrogens is 2. The van der Waals surface area contributed by atoms with Crippen molar-refractivity contribution in [2.75, 3.05) is 59.9 Å². The van der Waals surface area contributed by atoms with Gasteiger partial charge in [-0.2, -0.15) is 0 Å². The van der Waals surface area contributed by atoms with Gasteiger partial charge in [0.25, 0.3) is 0 Å². The number of carbonyl (C=O) groups excluding carboxylic acids is 15. The number of unbranched alkanes of at least 4 members (excludes halogenated alkanes) is 3. The monoisotopic (exact) mass is 1810 g/mol. The van der Waals surface area contributed by atoms with Gasteiger partial charge in [-0.1, -0.05) is 102 Å². The zero-order valence-electron chi connectivity index (χ0n) is 74.7. The van der Waals surface area contributed by atoms with Crippen molar-refractivity contribution in [2.24, 2.45) is 23.1 Å². The molecule has 0 radical (unpaired) electrons. The number of nitrogens with two attached hydrogens (primary N) is 3. The number of H-pyrrole nitrogens is 1. The Morgan fingerprint density at radius 2 is 1.15 bits per heavy atom. The maximum atomic E-state index is 15.5. The maximum Gasteiger partial charge on any atom is 0.323 e. The minimum Gasteiger partial charge on any atom is -0.481 e. The van der Waals surface area contributed by atoms with Crippen LogP contribution in [0.3, 0.4) is 0 Å². The Labute approximate surface area is 753 Å². The molecule has 8 rings (SSSR count). The van der Waals surface area contributed by atoms with Gasteiger partial charge in [0.05, 0.1) is 12.5 Å². The number of piperidine rings is 1. The smallest absolute Gasteiger partial charge is 0.323 e. The van der Waals surface area contributed by atoms with Gasteiger partial charge in [0.2, 0.25) is 89.1 Å². The largest absolute Gasteiger partial charge is 0.481 e. The molecule has 710 valence electrons. The van der Waals surface area contributed by atoms with E-state index < -0.39 is 205 Å². The molecule has 3 fully saturated rings. The zero-order chi connectivity index (χ0) is 95.0. The van der Waals surface area contributed by atoms with E-state index in [-0.39, 0.29) is 141 Å². The molecular formula is C90H128FN19O20. The molecule has 3 saturated heterocycles. The number of para-hydroxylation sites is 2. The highest BCUT2D eigenvalue weighted by atomic mass is 19.1. The Hall–Kier alpha value is -12.5. The molecule has 39 nitrogen and oxygen atoms in total. The number of aliphatic hydroxyl groups is 1. The third-order valence-corrected chi connectivity index (χ3v) is 23.9. The predicted molar refractivity (Wildman–Crippen MR) is 475 cm³/mol. The number of primary amides is 1. The van der Waals surface area contributed by atoms with Gasteiger partial charge in [0.1, 0.15) is 84.9 Å². The van der Waals surface area contributed by atoms with Crippen molar-refractivity contribution in [3.63, 3.8) is 0 Å². The lowest BCUT2D eigenvalue weighted by Gasteiger charge is -2.38. The van der Waals surface area contributed by atoms with Crippen molar-refractivity contribution < 1.29 is 101 Å². The third kappa shape index (κ3) is 29.3. The van der Waals surface area contributed by atoms with Gasteiger partial charge in [0.15, 0.2) is 0 Å². The van der Waals surface area contributed by atoms with E-state index in [0.29, 0.717) is 72.5 Å². The van der Waals surface area contributed by atoms with Crippen LogP contribution in [-0.2, 0) is 107 Å². The van der Waals surface area contributed by atoms with E-state index in [4.69, 9.17) is 17.2 Å². The highest BCUT2D eigenvalue weighted by molar-refractivity contribution is 6.01. The van der Waals surface area contributed by atoms with Crippen LogP contribution in [0.4, 0.5) is 4.39 Å². The van der Waals surface area contributed by atoms with Gasteiger partial charge in [-0.05, 0) is 137 Å². The van der Waals surface area contributed by atoms with Gasteiger partial charge in [-0.3, -0.25) is 81.5 Å². The van der Waals surface area contributed by atoms with Crippen LogP contribution in [-0.4, -0.2) is 289 Å². The van der Waals surface area contributed by atoms with Gasteiger partial charge in [0, 0.05) is 120 Å². The number of aliphatic carboxylic acids is 2. The molecule has 0 saturated carbocycles. The number of rotatable bonds is 52. The molecule has 13 atom stereocenters. The molecule has 5 heterocycles. The summed E-state index contributed by atoms with van der Waals surface area (Å²) in [7, 11) is 2.84. The van der Waals surface area contributed by atoms with E-state index in [1.54, 1.807) is 36.7 Å². The number of carboxylic acid groups (broad SMARTS) is 2. The predicted octanol–water partition coefficient (Wildman–Crippen LogP) is 0.262. The molecule has 0 unspecified atom stereocenters. The molecular weight excluding hydrogens is 1690 g/mol. The van der Waals surface area contributed by atoms with Crippen LogP contribution in [0, 0.1) is 11.7 Å². The number of β-amino-alcohol motifs (C(OH)–C–C–N with tert-alkyl or cyclic N) is 1. The number of hydrogen-bond acceptors (Lipinski definition) is 20. The second-order valence-corrected chi connectivity index (χ2v) is 34.1. The van der Waals surface area contributed by atoms with Crippen LogP contribution in [0.2, 0.25) is 0 Å². The lowest BCUT2D eigenvalue weighted by atomic mass is 9.97. The Balaban J connectivity index is 0.914. The molecule has 3 aromatic carbocycles. The van der Waals surface area contributed by atoms with Crippen molar-refractivity contribution in [3.05, 3.63) is 108 Å². The number of aliphatic hydroxyl groups excluding tert-OH is 1. The van der Waals surface area contributed by atoms with Crippen LogP contribution in [0.5, 0.6) is 0 Å². The molecule has 19 N–H and O–H groups in total. The summed E-state index contributed by atoms with van der Waals surface area (Å²) in [5, 5.41) is 55.0. The van der Waals surface area contributed by atoms with Gasteiger partial charge < -0.3 is 114 Å². The number of carbonyl (C=O) groups is 17. The van der Waals surface area contributed by atoms with Crippen LogP contribution in [0.25, 0.3) is 21.8 Å². The van der Waals surface area contributed by atoms with Gasteiger partial charge in [-0.15, -0.1) is 0 Å². The first-order chi connectivity index (χ1) is 62.1. The van der Waals surface area contributed by atoms with E-state index >= 15 is 9.59 Å². The maximum absolute atomic E-state index is 15.5. The molecule has 0 spiro atoms. The average Bonchev–Trinajstić information content (AvgIpc) is 1.51. The molecule has 40 heteroatoms. The van der Waals surface area contributed by atoms with Crippen LogP contribution < -0.4 is 65.1 Å². The number of benzene rings is 3. The molecule has 3 aliphatic rings. The first kappa shape index (κ1) is 103. The number of fused-ring (bicyclic) bond motifs is 2. The van der Waals surface area contributed by atoms with Crippen molar-refractivity contribution >= 4 is 123 Å². The fraction of sp³-hybridized carbons (Fsp3) is 0.567. The molecule has 0 aliphatic carbocycles. The van der Waals surface area contributed by atoms with Gasteiger partial charge >= 0.3 is 11.9 Å². The second kappa shape index (κ2) is 50.5. The van der Waals surface area contributed by atoms with Crippen LogP contribution in [0.1, 0.15) is 173 Å². The number of likely N-dealkylation sites (tertiary alicyclic amines) is 3. The van der Waals surface area contributed by atoms with Crippen LogP contribution in [0.15, 0.2) is 85.2 Å². The number of likely N-dealkylation sites (N-methyl/N-ethyl adjacent to an activating group) is 2. The normalized spacial score (nSPS) is 17.3. The van der Waals surface area contributed by atoms with E-state index in [9.17, 15) is 91.6 Å². The second-order valence-electron chi connectivity index (χ2n) is 34.1. The van der Waals surface area contributed by atoms with E-state index in [2.05, 4.69) is 52.8 Å². The topological polar surface area (TPSA) is 574 Å². The summed E-state index contributed by atoms with van der Waals surface area (Å²) >= 11 is 0. The third-order valence-electron chi connectivity index (χ3n) is 23.9. The fourth-order valence-corrected chi connectivity index (χ4v) is 16.9. The van der Waals surface area contributed by atoms with E-state index in [0.717, 1.165) is 15.8 Å². The number of nitrogens with one attached hydrogen (secondary N) is 10. The number of hydrogen-bond donors (Lipinski definition) is 16. The Bertz CT molecular complexity index is 4790. The van der Waals surface area contributed by atoms with E-state index in [1.807, 2.05) is 52.0 Å². The number of carboxylic acids is 2. The van der Waals surface area contributed by atoms with E-state index in [1.165, 1.54) is 62.5 Å². The number of amides is 15. The summed E-state index contributed by atoms with van der Waals surface area (Å²) < 4.78 is 15.8. The summed E-state index contributed by atoms with van der Waals surface area (Å²) in [5.41, 5.74) is 20.6. The van der Waals surface area contributed by atoms with Crippen molar-refractivity contribution in [1.29, 1.82) is 0 Å². The minimum atomic E-state index is -1.68. The first-order valence-electron chi connectivity index (χ1n) is 44.8. The van der Waals surface area contributed by atoms with Crippen molar-refractivity contribution in [2.45, 2.75) is 261 Å². The zero-order valence-corrected chi connectivity index (χ0v) is 74.7. The SMILES string of the molecule is CCCC[C@@H](C(=O)N(C)[C@@H](CCCC)C(=O)N[C@@H](CC(C)C)C(=O)NCCCCC(=O)N[C@@H](Cc1ccc(F)cc1)C(=O)N1CCCC[C@H]1C(=O)N[C@@H](CC(N)=O)C(=O)N1CCC[C@H]1C(=O)N[C@@H](CN)C(=O)N[C@@H](CCC(=O)O)C(=O)N1CC[C@@H](O)C1)N(C)C(=O)[C@H](Cc1cn(CC(=O)O)c2ccccc12)NC(=O)[C@H](CCN)NC(=O)[C@H](Cc1c[nH]c2ccccc12)NC=O. The highest BCUT2D eigenvalue weighted by Crippen LogP contribution is 2.28. The molecule has 3 aliphatic heterocycles. The summed E-state index contributed by atoms with van der Waals surface area (Å²) in [6, 6.07) is 3.37. The average molecular weight is 1820 g/mol. The quantitative estimate of drug-likeness (QED) is 0.0183. The highest BCUT2D eigenvalue weighted by Gasteiger charge is 2.45. The lowest BCUT2D eigenvalue weighted by molar-refractivity contribution is -0.149. The molecule has 0 bridgehead atoms. The Kier molecular flexibility index (Phi) is 40.0. The summed E-state index contributed by atoms with van der Waals surface area (Å²) in [6.07, 6.45) is 4.72. The minimum absolute atomic E-state index is 0.00228. The summed E-state index contributed by atoms with van der Waals surface area (Å²) in [6.45, 7) is 6.47. The number of aromatic amines is 1. The van der Waals surface area contributed by atoms with Gasteiger partial charge in [-0.25, -0.2) is 4.39 Å². The Morgan fingerprint density at radius 3 is 1.78 bits per heavy atom. The summed E-state index contributed by atoms with van der Waals surface area (Å²) in [5.74, 6) is -13.9.